The van der Waals surface area contributed by atoms with Crippen molar-refractivity contribution in [2.45, 2.75) is 32.1 Å². The third kappa shape index (κ3) is 2.86. The molecule has 7 nitrogen and oxygen atoms in total. The number of aromatic nitrogens is 3. The minimum absolute atomic E-state index is 0.0328. The Morgan fingerprint density at radius 2 is 2.32 bits per heavy atom. The highest BCUT2D eigenvalue weighted by atomic mass is 16.3. The zero-order chi connectivity index (χ0) is 17.4. The molecule has 2 N–H and O–H groups in total. The number of likely N-dealkylation sites (tertiary alicyclic amines) is 1. The van der Waals surface area contributed by atoms with E-state index < -0.39 is 0 Å². The van der Waals surface area contributed by atoms with Crippen LogP contribution in [-0.4, -0.2) is 39.1 Å². The number of aromatic amines is 2. The molecular formula is C18H20N4O3. The van der Waals surface area contributed by atoms with Gasteiger partial charge >= 0.3 is 5.69 Å². The highest BCUT2D eigenvalue weighted by Gasteiger charge is 2.29. The van der Waals surface area contributed by atoms with Crippen molar-refractivity contribution in [1.29, 1.82) is 0 Å². The molecule has 0 aliphatic carbocycles. The van der Waals surface area contributed by atoms with Gasteiger partial charge in [-0.05, 0) is 37.0 Å². The second kappa shape index (κ2) is 6.23. The molecular weight excluding hydrogens is 320 g/mol. The van der Waals surface area contributed by atoms with Gasteiger partial charge in [0.1, 0.15) is 17.7 Å². The Labute approximate surface area is 144 Å². The van der Waals surface area contributed by atoms with Crippen molar-refractivity contribution >= 4 is 16.9 Å². The van der Waals surface area contributed by atoms with Crippen LogP contribution >= 0.6 is 0 Å². The van der Waals surface area contributed by atoms with Crippen molar-refractivity contribution in [2.24, 2.45) is 0 Å². The molecule has 25 heavy (non-hydrogen) atoms. The number of rotatable bonds is 3. The van der Waals surface area contributed by atoms with E-state index in [1.54, 1.807) is 6.26 Å². The van der Waals surface area contributed by atoms with E-state index in [0.29, 0.717) is 24.5 Å². The average Bonchev–Trinajstić information content (AvgIpc) is 3.27. The van der Waals surface area contributed by atoms with E-state index in [1.807, 2.05) is 23.1 Å². The summed E-state index contributed by atoms with van der Waals surface area (Å²) >= 11 is 0. The van der Waals surface area contributed by atoms with Crippen molar-refractivity contribution < 1.29 is 9.21 Å². The predicted octanol–water partition coefficient (Wildman–Crippen LogP) is 2.43. The van der Waals surface area contributed by atoms with Crippen molar-refractivity contribution in [3.63, 3.8) is 0 Å². The number of nitrogens with zero attached hydrogens (tertiary/aromatic N) is 2. The van der Waals surface area contributed by atoms with E-state index in [-0.39, 0.29) is 17.5 Å². The number of piperidine rings is 1. The Morgan fingerprint density at radius 3 is 3.08 bits per heavy atom. The molecule has 1 fully saturated rings. The molecule has 3 heterocycles. The van der Waals surface area contributed by atoms with Crippen LogP contribution in [0, 0.1) is 0 Å². The number of furan rings is 1. The summed E-state index contributed by atoms with van der Waals surface area (Å²) in [4.78, 5) is 28.8. The summed E-state index contributed by atoms with van der Waals surface area (Å²) in [7, 11) is 0. The van der Waals surface area contributed by atoms with E-state index in [4.69, 9.17) is 4.42 Å². The Kier molecular flexibility index (Phi) is 3.91. The van der Waals surface area contributed by atoms with E-state index in [1.165, 1.54) is 5.56 Å². The molecule has 3 aromatic rings. The van der Waals surface area contributed by atoms with Gasteiger partial charge in [-0.25, -0.2) is 9.89 Å². The highest BCUT2D eigenvalue weighted by Crippen LogP contribution is 2.28. The van der Waals surface area contributed by atoms with E-state index in [0.717, 1.165) is 30.2 Å². The van der Waals surface area contributed by atoms with Crippen LogP contribution in [0.15, 0.2) is 33.7 Å². The summed E-state index contributed by atoms with van der Waals surface area (Å²) in [5.74, 6) is 0.628. The van der Waals surface area contributed by atoms with E-state index in [9.17, 15) is 9.59 Å². The smallest absolute Gasteiger partial charge is 0.340 e. The highest BCUT2D eigenvalue weighted by molar-refractivity contribution is 6.06. The van der Waals surface area contributed by atoms with Gasteiger partial charge in [-0.15, -0.1) is 0 Å². The Bertz CT molecular complexity index is 968. The standard InChI is InChI=1S/C18H20N4O3/c1-2-11-5-6-15-13(8-11)14(10-25-15)17(23)22-7-3-4-12(9-22)16-19-18(24)21-20-16/h5-6,8,10,12H,2-4,7,9H2,1H3,(H2,19,20,21,24). The molecule has 2 aromatic heterocycles. The van der Waals surface area contributed by atoms with Gasteiger partial charge in [0.2, 0.25) is 0 Å². The molecule has 0 spiro atoms. The third-order valence-corrected chi connectivity index (χ3v) is 4.89. The van der Waals surface area contributed by atoms with Crippen LogP contribution in [0.2, 0.25) is 0 Å². The summed E-state index contributed by atoms with van der Waals surface area (Å²) in [6.45, 7) is 3.33. The quantitative estimate of drug-likeness (QED) is 0.765. The second-order valence-electron chi connectivity index (χ2n) is 6.49. The fourth-order valence-electron chi connectivity index (χ4n) is 3.49. The zero-order valence-electron chi connectivity index (χ0n) is 14.0. The van der Waals surface area contributed by atoms with Gasteiger partial charge in [0.25, 0.3) is 5.91 Å². The Hall–Kier alpha value is -2.83. The number of carbonyl (C=O) groups is 1. The molecule has 1 unspecified atom stereocenters. The number of aryl methyl sites for hydroxylation is 1. The van der Waals surface area contributed by atoms with Gasteiger partial charge in [0.05, 0.1) is 5.56 Å². The molecule has 1 aliphatic rings. The molecule has 1 aromatic carbocycles. The number of H-pyrrole nitrogens is 2. The first-order chi connectivity index (χ1) is 12.2. The molecule has 7 heteroatoms. The molecule has 1 amide bonds. The van der Waals surface area contributed by atoms with Crippen LogP contribution in [0.5, 0.6) is 0 Å². The zero-order valence-corrected chi connectivity index (χ0v) is 14.0. The summed E-state index contributed by atoms with van der Waals surface area (Å²) in [5, 5.41) is 7.27. The molecule has 1 saturated heterocycles. The van der Waals surface area contributed by atoms with Crippen molar-refractivity contribution in [3.8, 4) is 0 Å². The Balaban J connectivity index is 1.61. The van der Waals surface area contributed by atoms with E-state index >= 15 is 0 Å². The van der Waals surface area contributed by atoms with Gasteiger partial charge in [-0.2, -0.15) is 5.10 Å². The summed E-state index contributed by atoms with van der Waals surface area (Å²) in [6, 6.07) is 5.96. The van der Waals surface area contributed by atoms with Crippen LogP contribution in [0.3, 0.4) is 0 Å². The van der Waals surface area contributed by atoms with Crippen LogP contribution in [0.25, 0.3) is 11.0 Å². The molecule has 0 bridgehead atoms. The minimum atomic E-state index is -0.314. The van der Waals surface area contributed by atoms with Crippen LogP contribution < -0.4 is 5.69 Å². The minimum Gasteiger partial charge on any atom is -0.463 e. The maximum atomic E-state index is 13.0. The first-order valence-corrected chi connectivity index (χ1v) is 8.59. The largest absolute Gasteiger partial charge is 0.463 e. The first kappa shape index (κ1) is 15.7. The molecule has 4 rings (SSSR count). The number of benzene rings is 1. The van der Waals surface area contributed by atoms with Crippen molar-refractivity contribution in [3.05, 3.63) is 51.9 Å². The Morgan fingerprint density at radius 1 is 1.44 bits per heavy atom. The molecule has 0 saturated carbocycles. The van der Waals surface area contributed by atoms with Crippen LogP contribution in [0.4, 0.5) is 0 Å². The monoisotopic (exact) mass is 340 g/mol. The molecule has 1 atom stereocenters. The number of carbonyl (C=O) groups excluding carboxylic acids is 1. The van der Waals surface area contributed by atoms with Crippen molar-refractivity contribution in [1.82, 2.24) is 20.1 Å². The van der Waals surface area contributed by atoms with Gasteiger partial charge in [0.15, 0.2) is 0 Å². The number of nitrogens with one attached hydrogen (secondary N) is 2. The number of hydrogen-bond donors (Lipinski definition) is 2. The van der Waals surface area contributed by atoms with Crippen LogP contribution in [-0.2, 0) is 6.42 Å². The number of fused-ring (bicyclic) bond motifs is 1. The van der Waals surface area contributed by atoms with Crippen molar-refractivity contribution in [2.75, 3.05) is 13.1 Å². The lowest BCUT2D eigenvalue weighted by molar-refractivity contribution is 0.0705. The lowest BCUT2D eigenvalue weighted by Gasteiger charge is -2.31. The average molecular weight is 340 g/mol. The third-order valence-electron chi connectivity index (χ3n) is 4.89. The van der Waals surface area contributed by atoms with Gasteiger partial charge in [-0.3, -0.25) is 9.78 Å². The SMILES string of the molecule is CCc1ccc2occ(C(=O)N3CCCC(c4n[nH]c(=O)[nH]4)C3)c2c1. The predicted molar refractivity (Wildman–Crippen MR) is 92.7 cm³/mol. The van der Waals surface area contributed by atoms with Gasteiger partial charge in [-0.1, -0.05) is 13.0 Å². The lowest BCUT2D eigenvalue weighted by Crippen LogP contribution is -2.39. The lowest BCUT2D eigenvalue weighted by atomic mass is 9.96. The first-order valence-electron chi connectivity index (χ1n) is 8.59. The topological polar surface area (TPSA) is 95.0 Å². The maximum Gasteiger partial charge on any atom is 0.340 e. The van der Waals surface area contributed by atoms with E-state index in [2.05, 4.69) is 22.1 Å². The fourth-order valence-corrected chi connectivity index (χ4v) is 3.49. The second-order valence-corrected chi connectivity index (χ2v) is 6.49. The van der Waals surface area contributed by atoms with Gasteiger partial charge < -0.3 is 9.32 Å². The summed E-state index contributed by atoms with van der Waals surface area (Å²) < 4.78 is 5.56. The summed E-state index contributed by atoms with van der Waals surface area (Å²) in [6.07, 6.45) is 4.23. The number of hydrogen-bond acceptors (Lipinski definition) is 4. The number of amides is 1. The van der Waals surface area contributed by atoms with Gasteiger partial charge in [0, 0.05) is 24.4 Å². The molecule has 1 aliphatic heterocycles. The normalized spacial score (nSPS) is 18.0. The molecule has 130 valence electrons. The maximum absolute atomic E-state index is 13.0. The fraction of sp³-hybridized carbons (Fsp3) is 0.389. The molecule has 0 radical (unpaired) electrons. The summed E-state index contributed by atoms with van der Waals surface area (Å²) in [5.41, 5.74) is 2.19. The van der Waals surface area contributed by atoms with Crippen LogP contribution in [0.1, 0.15) is 47.4 Å².